The lowest BCUT2D eigenvalue weighted by atomic mass is 9.95. The first kappa shape index (κ1) is 18.1. The number of hydrogen-bond acceptors (Lipinski definition) is 4. The number of H-pyrrole nitrogens is 1. The van der Waals surface area contributed by atoms with Gasteiger partial charge in [0.25, 0.3) is 5.56 Å². The molecule has 2 aromatic heterocycles. The number of carbonyl (C=O) groups is 1. The van der Waals surface area contributed by atoms with E-state index >= 15 is 0 Å². The molecule has 0 fully saturated rings. The van der Waals surface area contributed by atoms with E-state index in [-0.39, 0.29) is 11.7 Å². The fourth-order valence-electron chi connectivity index (χ4n) is 2.71. The van der Waals surface area contributed by atoms with Crippen LogP contribution >= 0.6 is 0 Å². The number of aromatic nitrogens is 2. The minimum Gasteiger partial charge on any atom is -0.481 e. The number of aromatic amines is 1. The summed E-state index contributed by atoms with van der Waals surface area (Å²) in [5, 5.41) is 9.52. The molecule has 1 aliphatic heterocycles. The number of nitrogens with zero attached hydrogens (tertiary/aromatic N) is 1. The van der Waals surface area contributed by atoms with Crippen molar-refractivity contribution in [3.05, 3.63) is 40.1 Å². The molecule has 0 aliphatic carbocycles. The van der Waals surface area contributed by atoms with Crippen molar-refractivity contribution in [1.29, 1.82) is 0 Å². The maximum Gasteiger partial charge on any atom is 0.303 e. The van der Waals surface area contributed by atoms with Gasteiger partial charge in [0.05, 0.1) is 18.1 Å². The summed E-state index contributed by atoms with van der Waals surface area (Å²) in [5.74, 6) is -0.257. The largest absolute Gasteiger partial charge is 0.481 e. The zero-order valence-electron chi connectivity index (χ0n) is 14.3. The highest BCUT2D eigenvalue weighted by atomic mass is 16.5. The van der Waals surface area contributed by atoms with E-state index in [1.807, 2.05) is 13.0 Å². The fraction of sp³-hybridized carbons (Fsp3) is 0.500. The molecule has 2 N–H and O–H groups in total. The Bertz CT molecular complexity index is 767. The average Bonchev–Trinajstić information content (AvgIpc) is 2.55. The minimum absolute atomic E-state index is 0.0544. The summed E-state index contributed by atoms with van der Waals surface area (Å²) in [6.45, 7) is 6.68. The molecule has 0 amide bonds. The molecule has 1 unspecified atom stereocenters. The van der Waals surface area contributed by atoms with E-state index in [9.17, 15) is 9.59 Å². The van der Waals surface area contributed by atoms with Gasteiger partial charge in [-0.2, -0.15) is 0 Å². The van der Waals surface area contributed by atoms with E-state index in [1.54, 1.807) is 12.4 Å². The normalized spacial score (nSPS) is 16.4. The van der Waals surface area contributed by atoms with Gasteiger partial charge in [0.1, 0.15) is 0 Å². The summed E-state index contributed by atoms with van der Waals surface area (Å²) >= 11 is 0. The zero-order valence-corrected chi connectivity index (χ0v) is 14.3. The number of rotatable bonds is 3. The van der Waals surface area contributed by atoms with Crippen molar-refractivity contribution in [1.82, 2.24) is 9.97 Å². The van der Waals surface area contributed by atoms with Gasteiger partial charge >= 0.3 is 5.97 Å². The molecular formula is C18H24N2O4. The number of ether oxygens (including phenoxy) is 1. The van der Waals surface area contributed by atoms with E-state index < -0.39 is 5.97 Å². The number of fused-ring (bicyclic) bond motifs is 3. The topological polar surface area (TPSA) is 92.3 Å². The van der Waals surface area contributed by atoms with Crippen LogP contribution in [0.2, 0.25) is 0 Å². The summed E-state index contributed by atoms with van der Waals surface area (Å²) in [5.41, 5.74) is 2.06. The Morgan fingerprint density at radius 1 is 1.46 bits per heavy atom. The van der Waals surface area contributed by atoms with Gasteiger partial charge in [-0.25, -0.2) is 0 Å². The molecule has 0 aromatic carbocycles. The molecular weight excluding hydrogens is 308 g/mol. The third-order valence-electron chi connectivity index (χ3n) is 4.07. The predicted octanol–water partition coefficient (Wildman–Crippen LogP) is 2.89. The molecule has 0 radical (unpaired) electrons. The van der Waals surface area contributed by atoms with Crippen molar-refractivity contribution >= 4 is 16.7 Å². The quantitative estimate of drug-likeness (QED) is 0.901. The molecule has 2 aromatic rings. The van der Waals surface area contributed by atoms with E-state index in [0.717, 1.165) is 29.5 Å². The Kier molecular flexibility index (Phi) is 6.09. The van der Waals surface area contributed by atoms with Crippen LogP contribution in [0, 0.1) is 5.92 Å². The van der Waals surface area contributed by atoms with Crippen molar-refractivity contribution in [2.24, 2.45) is 5.92 Å². The van der Waals surface area contributed by atoms with Crippen LogP contribution in [0.25, 0.3) is 10.8 Å². The number of nitrogens with one attached hydrogen (secondary N) is 1. The highest BCUT2D eigenvalue weighted by Crippen LogP contribution is 2.26. The Hall–Kier alpha value is -2.21. The molecule has 1 aliphatic rings. The van der Waals surface area contributed by atoms with Crippen LogP contribution in [-0.4, -0.2) is 27.1 Å². The highest BCUT2D eigenvalue weighted by molar-refractivity contribution is 5.84. The first-order chi connectivity index (χ1) is 11.4. The highest BCUT2D eigenvalue weighted by Gasteiger charge is 2.24. The summed E-state index contributed by atoms with van der Waals surface area (Å²) in [7, 11) is 0. The number of hydrogen-bond donors (Lipinski definition) is 2. The third kappa shape index (κ3) is 4.20. The lowest BCUT2D eigenvalue weighted by Gasteiger charge is -2.28. The van der Waals surface area contributed by atoms with Crippen LogP contribution in [-0.2, 0) is 22.6 Å². The van der Waals surface area contributed by atoms with Crippen LogP contribution < -0.4 is 5.56 Å². The Labute approximate surface area is 140 Å². The molecule has 0 spiro atoms. The molecule has 24 heavy (non-hydrogen) atoms. The van der Waals surface area contributed by atoms with Crippen LogP contribution in [0.4, 0.5) is 0 Å². The van der Waals surface area contributed by atoms with Gasteiger partial charge in [0, 0.05) is 36.5 Å². The molecule has 1 atom stereocenters. The van der Waals surface area contributed by atoms with Crippen LogP contribution in [0.5, 0.6) is 0 Å². The first-order valence-electron chi connectivity index (χ1n) is 8.25. The summed E-state index contributed by atoms with van der Waals surface area (Å²) in [4.78, 5) is 28.6. The molecule has 0 saturated heterocycles. The van der Waals surface area contributed by atoms with Crippen molar-refractivity contribution in [2.45, 2.75) is 52.7 Å². The van der Waals surface area contributed by atoms with E-state index in [1.165, 1.54) is 0 Å². The van der Waals surface area contributed by atoms with Crippen LogP contribution in [0.1, 0.15) is 44.9 Å². The number of carboxylic acids is 1. The summed E-state index contributed by atoms with van der Waals surface area (Å²) < 4.78 is 5.87. The van der Waals surface area contributed by atoms with E-state index in [0.29, 0.717) is 24.3 Å². The van der Waals surface area contributed by atoms with Gasteiger partial charge in [-0.05, 0) is 23.8 Å². The van der Waals surface area contributed by atoms with Gasteiger partial charge in [-0.1, -0.05) is 20.8 Å². The number of pyridine rings is 2. The van der Waals surface area contributed by atoms with Gasteiger partial charge < -0.3 is 14.8 Å². The molecule has 130 valence electrons. The maximum atomic E-state index is 12.0. The monoisotopic (exact) mass is 332 g/mol. The lowest BCUT2D eigenvalue weighted by Crippen LogP contribution is -2.30. The lowest BCUT2D eigenvalue weighted by molar-refractivity contribution is -0.137. The Morgan fingerprint density at radius 2 is 2.21 bits per heavy atom. The SMILES string of the molecule is CC(C)C1Cc2[nH]c(=O)c3cnccc3c2CO1.CCCC(=O)O. The van der Waals surface area contributed by atoms with Gasteiger partial charge in [0.15, 0.2) is 0 Å². The van der Waals surface area contributed by atoms with Crippen molar-refractivity contribution in [3.63, 3.8) is 0 Å². The second-order valence-corrected chi connectivity index (χ2v) is 6.27. The van der Waals surface area contributed by atoms with Crippen LogP contribution in [0.3, 0.4) is 0 Å². The van der Waals surface area contributed by atoms with Gasteiger partial charge in [0.2, 0.25) is 0 Å². The smallest absolute Gasteiger partial charge is 0.303 e. The molecule has 0 bridgehead atoms. The Morgan fingerprint density at radius 3 is 2.79 bits per heavy atom. The second kappa shape index (κ2) is 8.06. The minimum atomic E-state index is -0.711. The summed E-state index contributed by atoms with van der Waals surface area (Å²) in [6, 6.07) is 1.89. The average molecular weight is 332 g/mol. The van der Waals surface area contributed by atoms with Crippen molar-refractivity contribution in [3.8, 4) is 0 Å². The van der Waals surface area contributed by atoms with Crippen molar-refractivity contribution < 1.29 is 14.6 Å². The molecule has 0 saturated carbocycles. The van der Waals surface area contributed by atoms with Crippen molar-refractivity contribution in [2.75, 3.05) is 0 Å². The molecule has 6 heteroatoms. The molecule has 3 rings (SSSR count). The first-order valence-corrected chi connectivity index (χ1v) is 8.25. The van der Waals surface area contributed by atoms with Gasteiger partial charge in [-0.15, -0.1) is 0 Å². The second-order valence-electron chi connectivity index (χ2n) is 6.27. The van der Waals surface area contributed by atoms with E-state index in [2.05, 4.69) is 23.8 Å². The van der Waals surface area contributed by atoms with Gasteiger partial charge in [-0.3, -0.25) is 14.6 Å². The third-order valence-corrected chi connectivity index (χ3v) is 4.07. The molecule has 6 nitrogen and oxygen atoms in total. The van der Waals surface area contributed by atoms with Crippen LogP contribution in [0.15, 0.2) is 23.3 Å². The van der Waals surface area contributed by atoms with E-state index in [4.69, 9.17) is 9.84 Å². The number of aliphatic carboxylic acids is 1. The zero-order chi connectivity index (χ0) is 17.7. The fourth-order valence-corrected chi connectivity index (χ4v) is 2.71. The predicted molar refractivity (Wildman–Crippen MR) is 92.0 cm³/mol. The maximum absolute atomic E-state index is 12.0. The standard InChI is InChI=1S/C14H16N2O2.C4H8O2/c1-8(2)13-5-12-11(7-18-13)9-3-4-15-6-10(9)14(17)16-12;1-2-3-4(5)6/h3-4,6,8,13H,5,7H2,1-2H3,(H,16,17);2-3H2,1H3,(H,5,6). The molecule has 3 heterocycles. The Balaban J connectivity index is 0.000000301. The number of carboxylic acid groups (broad SMARTS) is 1. The summed E-state index contributed by atoms with van der Waals surface area (Å²) in [6.07, 6.45) is 5.32.